The first-order valence-electron chi connectivity index (χ1n) is 10.4. The summed E-state index contributed by atoms with van der Waals surface area (Å²) in [4.78, 5) is 12.8. The highest BCUT2D eigenvalue weighted by Crippen LogP contribution is 2.45. The van der Waals surface area contributed by atoms with E-state index in [0.29, 0.717) is 5.92 Å². The predicted octanol–water partition coefficient (Wildman–Crippen LogP) is 4.05. The van der Waals surface area contributed by atoms with E-state index in [1.54, 1.807) is 0 Å². The summed E-state index contributed by atoms with van der Waals surface area (Å²) in [6.07, 6.45) is 4.34. The lowest BCUT2D eigenvalue weighted by atomic mass is 9.70. The van der Waals surface area contributed by atoms with Crippen molar-refractivity contribution in [2.24, 2.45) is 5.41 Å². The predicted molar refractivity (Wildman–Crippen MR) is 114 cm³/mol. The van der Waals surface area contributed by atoms with Crippen LogP contribution in [0.15, 0.2) is 30.5 Å². The van der Waals surface area contributed by atoms with E-state index in [-0.39, 0.29) is 18.5 Å². The number of aliphatic hydroxyl groups is 1. The topological polar surface area (TPSA) is 76.7 Å². The highest BCUT2D eigenvalue weighted by Gasteiger charge is 2.41. The molecule has 2 aromatic heterocycles. The Balaban J connectivity index is 1.92. The molecule has 1 fully saturated rings. The van der Waals surface area contributed by atoms with E-state index in [0.717, 1.165) is 52.1 Å². The summed E-state index contributed by atoms with van der Waals surface area (Å²) >= 11 is 0. The van der Waals surface area contributed by atoms with Gasteiger partial charge in [0.1, 0.15) is 5.82 Å². The Morgan fingerprint density at radius 1 is 1.27 bits per heavy atom. The van der Waals surface area contributed by atoms with Crippen LogP contribution in [0.4, 0.5) is 0 Å². The number of hydrogen-bond donors (Lipinski definition) is 1. The molecule has 1 atom stereocenters. The number of methoxy groups -OCH3 is 1. The molecule has 1 saturated carbocycles. The Morgan fingerprint density at radius 3 is 2.63 bits per heavy atom. The minimum atomic E-state index is -0.820. The van der Waals surface area contributed by atoms with Crippen molar-refractivity contribution in [2.75, 3.05) is 7.11 Å². The van der Waals surface area contributed by atoms with Crippen molar-refractivity contribution in [3.8, 4) is 0 Å². The maximum Gasteiger partial charge on any atom is 0.312 e. The van der Waals surface area contributed by atoms with Gasteiger partial charge in [0.25, 0.3) is 0 Å². The van der Waals surface area contributed by atoms with E-state index in [1.165, 1.54) is 7.11 Å². The Hall–Kier alpha value is -2.73. The molecule has 6 nitrogen and oxygen atoms in total. The first-order chi connectivity index (χ1) is 14.3. The van der Waals surface area contributed by atoms with Gasteiger partial charge in [-0.2, -0.15) is 0 Å². The minimum absolute atomic E-state index is 0.0437. The Labute approximate surface area is 176 Å². The normalized spacial score (nSPS) is 15.4. The van der Waals surface area contributed by atoms with Crippen LogP contribution in [0.25, 0.3) is 5.65 Å². The Morgan fingerprint density at radius 2 is 2.00 bits per heavy atom. The second-order valence-electron chi connectivity index (χ2n) is 8.91. The number of carbonyl (C=O) groups excluding carboxylic acids is 1. The molecule has 0 aliphatic heterocycles. The van der Waals surface area contributed by atoms with E-state index in [1.807, 2.05) is 52.1 Å². The summed E-state index contributed by atoms with van der Waals surface area (Å²) in [5.41, 5.74) is 4.87. The van der Waals surface area contributed by atoms with Gasteiger partial charge in [-0.1, -0.05) is 18.2 Å². The number of rotatable bonds is 6. The second-order valence-corrected chi connectivity index (χ2v) is 8.91. The van der Waals surface area contributed by atoms with Gasteiger partial charge < -0.3 is 9.84 Å². The number of pyridine rings is 1. The van der Waals surface area contributed by atoms with Crippen molar-refractivity contribution in [3.05, 3.63) is 64.1 Å². The van der Waals surface area contributed by atoms with Gasteiger partial charge in [0.2, 0.25) is 0 Å². The van der Waals surface area contributed by atoms with Crippen LogP contribution in [-0.2, 0) is 16.1 Å². The van der Waals surface area contributed by atoms with Crippen LogP contribution in [0, 0.1) is 19.3 Å². The maximum atomic E-state index is 12.8. The third-order valence-corrected chi connectivity index (χ3v) is 6.46. The number of benzene rings is 1. The molecule has 1 unspecified atom stereocenters. The molecule has 2 heterocycles. The van der Waals surface area contributed by atoms with Gasteiger partial charge in [0, 0.05) is 18.0 Å². The molecule has 0 amide bonds. The van der Waals surface area contributed by atoms with Crippen molar-refractivity contribution in [1.82, 2.24) is 14.6 Å². The van der Waals surface area contributed by atoms with Gasteiger partial charge in [0.05, 0.1) is 19.1 Å². The summed E-state index contributed by atoms with van der Waals surface area (Å²) in [6.45, 7) is 7.79. The number of aromatic nitrogens is 3. The van der Waals surface area contributed by atoms with Crippen LogP contribution in [0.1, 0.15) is 72.2 Å². The lowest BCUT2D eigenvalue weighted by molar-refractivity contribution is -0.151. The number of hydrogen-bond acceptors (Lipinski definition) is 5. The fourth-order valence-corrected chi connectivity index (χ4v) is 4.45. The number of ether oxygens (including phenoxy) is 1. The van der Waals surface area contributed by atoms with Gasteiger partial charge in [0.15, 0.2) is 5.65 Å². The van der Waals surface area contributed by atoms with E-state index >= 15 is 0 Å². The van der Waals surface area contributed by atoms with E-state index < -0.39 is 5.41 Å². The quantitative estimate of drug-likeness (QED) is 0.624. The molecular weight excluding hydrogens is 378 g/mol. The van der Waals surface area contributed by atoms with Gasteiger partial charge in [-0.25, -0.2) is 0 Å². The van der Waals surface area contributed by atoms with Gasteiger partial charge in [-0.05, 0) is 74.4 Å². The average Bonchev–Trinajstić information content (AvgIpc) is 3.48. The molecule has 0 spiro atoms. The SMILES string of the molecule is COC(=O)C(C)(C)C(c1ccc(C)c(CO)c1)c1ccn2c(C3CC3)nnc2c1C. The Bertz CT molecular complexity index is 1110. The zero-order valence-corrected chi connectivity index (χ0v) is 18.3. The fraction of sp³-hybridized carbons (Fsp3) is 0.458. The van der Waals surface area contributed by atoms with Crippen LogP contribution in [0.5, 0.6) is 0 Å². The summed E-state index contributed by atoms with van der Waals surface area (Å²) in [5.74, 6) is 0.970. The van der Waals surface area contributed by atoms with Gasteiger partial charge in [-0.3, -0.25) is 9.20 Å². The lowest BCUT2D eigenvalue weighted by Crippen LogP contribution is -2.34. The second kappa shape index (κ2) is 7.51. The molecule has 158 valence electrons. The molecule has 0 radical (unpaired) electrons. The molecule has 1 aliphatic rings. The average molecular weight is 408 g/mol. The first-order valence-corrected chi connectivity index (χ1v) is 10.4. The van der Waals surface area contributed by atoms with Gasteiger partial charge >= 0.3 is 5.97 Å². The molecule has 1 aromatic carbocycles. The third kappa shape index (κ3) is 3.29. The molecular formula is C24H29N3O3. The molecule has 0 bridgehead atoms. The highest BCUT2D eigenvalue weighted by molar-refractivity contribution is 5.78. The van der Waals surface area contributed by atoms with Crippen LogP contribution in [-0.4, -0.2) is 32.8 Å². The summed E-state index contributed by atoms with van der Waals surface area (Å²) in [6, 6.07) is 8.10. The molecule has 6 heteroatoms. The van der Waals surface area contributed by atoms with E-state index in [9.17, 15) is 9.90 Å². The summed E-state index contributed by atoms with van der Waals surface area (Å²) < 4.78 is 7.25. The standard InChI is InChI=1S/C24H29N3O3/c1-14-6-7-17(12-18(14)13-28)20(24(3,4)23(29)30-5)19-10-11-27-21(15(19)2)25-26-22(27)16-8-9-16/h6-7,10-12,16,20,28H,8-9,13H2,1-5H3. The number of nitrogens with zero attached hydrogens (tertiary/aromatic N) is 3. The molecule has 30 heavy (non-hydrogen) atoms. The number of carbonyl (C=O) groups is 1. The van der Waals surface area contributed by atoms with Crippen molar-refractivity contribution < 1.29 is 14.6 Å². The maximum absolute atomic E-state index is 12.8. The number of aliphatic hydroxyl groups excluding tert-OH is 1. The van der Waals surface area contributed by atoms with Crippen molar-refractivity contribution >= 4 is 11.6 Å². The van der Waals surface area contributed by atoms with Crippen LogP contribution < -0.4 is 0 Å². The van der Waals surface area contributed by atoms with Gasteiger partial charge in [-0.15, -0.1) is 10.2 Å². The lowest BCUT2D eigenvalue weighted by Gasteiger charge is -2.34. The smallest absolute Gasteiger partial charge is 0.312 e. The summed E-state index contributed by atoms with van der Waals surface area (Å²) in [7, 11) is 1.42. The van der Waals surface area contributed by atoms with Crippen molar-refractivity contribution in [1.29, 1.82) is 0 Å². The van der Waals surface area contributed by atoms with Crippen molar-refractivity contribution in [3.63, 3.8) is 0 Å². The number of aryl methyl sites for hydroxylation is 2. The Kier molecular flexibility index (Phi) is 5.14. The number of fused-ring (bicyclic) bond motifs is 1. The zero-order chi connectivity index (χ0) is 21.6. The molecule has 4 rings (SSSR count). The summed E-state index contributed by atoms with van der Waals surface area (Å²) in [5, 5.41) is 18.7. The van der Waals surface area contributed by atoms with Crippen LogP contribution in [0.2, 0.25) is 0 Å². The van der Waals surface area contributed by atoms with Crippen LogP contribution in [0.3, 0.4) is 0 Å². The third-order valence-electron chi connectivity index (χ3n) is 6.46. The first kappa shape index (κ1) is 20.5. The van der Waals surface area contributed by atoms with E-state index in [4.69, 9.17) is 4.74 Å². The molecule has 3 aromatic rings. The highest BCUT2D eigenvalue weighted by atomic mass is 16.5. The zero-order valence-electron chi connectivity index (χ0n) is 18.3. The minimum Gasteiger partial charge on any atom is -0.469 e. The van der Waals surface area contributed by atoms with Crippen molar-refractivity contribution in [2.45, 2.75) is 59.0 Å². The monoisotopic (exact) mass is 407 g/mol. The fourth-order valence-electron chi connectivity index (χ4n) is 4.45. The largest absolute Gasteiger partial charge is 0.469 e. The van der Waals surface area contributed by atoms with Crippen LogP contribution >= 0.6 is 0 Å². The number of esters is 1. The molecule has 1 N–H and O–H groups in total. The molecule has 1 aliphatic carbocycles. The molecule has 0 saturated heterocycles. The van der Waals surface area contributed by atoms with E-state index in [2.05, 4.69) is 20.7 Å².